The quantitative estimate of drug-likeness (QED) is 0.306. The first kappa shape index (κ1) is 23.4. The molecule has 0 heterocycles. The lowest BCUT2D eigenvalue weighted by Crippen LogP contribution is -2.65. The van der Waals surface area contributed by atoms with E-state index < -0.39 is 56.5 Å². The molecule has 0 fully saturated rings. The van der Waals surface area contributed by atoms with Gasteiger partial charge in [0.2, 0.25) is 0 Å². The van der Waals surface area contributed by atoms with Gasteiger partial charge in [0.05, 0.1) is 6.42 Å². The van der Waals surface area contributed by atoms with Gasteiger partial charge in [-0.3, -0.25) is 0 Å². The molecule has 0 saturated heterocycles. The molecule has 0 spiro atoms. The monoisotopic (exact) mass is 422 g/mol. The number of ether oxygens (including phenoxy) is 1. The highest BCUT2D eigenvalue weighted by atomic mass is 32.3. The Balaban J connectivity index is 6.28. The summed E-state index contributed by atoms with van der Waals surface area (Å²) in [5.41, 5.74) is 0. The normalized spacial score (nSPS) is 17.6. The number of halogens is 9. The van der Waals surface area contributed by atoms with E-state index in [1.165, 1.54) is 0 Å². The third-order valence-electron chi connectivity index (χ3n) is 2.24. The van der Waals surface area contributed by atoms with E-state index in [-0.39, 0.29) is 0 Å². The van der Waals surface area contributed by atoms with Gasteiger partial charge in [0.15, 0.2) is 17.4 Å². The lowest BCUT2D eigenvalue weighted by atomic mass is 10.4. The topological polar surface area (TPSA) is 89.9 Å². The number of hydrogen-bond acceptors (Lipinski definition) is 5. The molecular weight excluding hydrogens is 415 g/mol. The molecule has 0 aliphatic carbocycles. The Morgan fingerprint density at radius 1 is 1.00 bits per heavy atom. The predicted molar refractivity (Wildman–Crippen MR) is 57.1 cm³/mol. The molecule has 1 N–H and O–H groups in total. The zero-order valence-corrected chi connectivity index (χ0v) is 12.6. The predicted octanol–water partition coefficient (Wildman–Crippen LogP) is 2.30. The van der Waals surface area contributed by atoms with Gasteiger partial charge >= 0.3 is 32.7 Å². The van der Waals surface area contributed by atoms with Gasteiger partial charge in [0.1, 0.15) is 0 Å². The maximum atomic E-state index is 12.7. The molecule has 0 amide bonds. The molecule has 0 radical (unpaired) electrons. The molecule has 0 aliphatic rings. The number of methoxy groups -OCH3 is 1. The lowest BCUT2D eigenvalue weighted by Gasteiger charge is -2.33. The average Bonchev–Trinajstić information content (AvgIpc) is 2.20. The van der Waals surface area contributed by atoms with Gasteiger partial charge in [-0.1, -0.05) is 0 Å². The van der Waals surface area contributed by atoms with Gasteiger partial charge in [-0.2, -0.15) is 47.9 Å². The van der Waals surface area contributed by atoms with Crippen molar-refractivity contribution in [3.8, 4) is 0 Å². The summed E-state index contributed by atoms with van der Waals surface area (Å²) in [6.45, 7) is 0. The number of hydrogen-bond donors (Lipinski definition) is 1. The number of alkyl halides is 9. The van der Waals surface area contributed by atoms with Crippen molar-refractivity contribution in [3.63, 3.8) is 0 Å². The molecule has 0 aromatic carbocycles. The van der Waals surface area contributed by atoms with Crippen molar-refractivity contribution >= 4 is 21.2 Å². The van der Waals surface area contributed by atoms with E-state index >= 15 is 0 Å². The standard InChI is InChI=1S/C7H7F9O6S2/c1-21-3(2-4(8,9)10)22-24(19,20)5(23(17)18,6(11,12)13)7(14,15)16/h3H,2H2,1H3,(H,17,18). The van der Waals surface area contributed by atoms with Crippen LogP contribution >= 0.6 is 0 Å². The summed E-state index contributed by atoms with van der Waals surface area (Å²) in [5.74, 6) is 0. The summed E-state index contributed by atoms with van der Waals surface area (Å²) in [4.78, 5) is 0. The zero-order valence-electron chi connectivity index (χ0n) is 11.0. The van der Waals surface area contributed by atoms with E-state index in [4.69, 9.17) is 4.55 Å². The first-order valence-corrected chi connectivity index (χ1v) is 7.61. The fraction of sp³-hybridized carbons (Fsp3) is 1.00. The van der Waals surface area contributed by atoms with Gasteiger partial charge in [-0.05, 0) is 0 Å². The van der Waals surface area contributed by atoms with Crippen LogP contribution in [0.1, 0.15) is 6.42 Å². The average molecular weight is 422 g/mol. The molecule has 0 aliphatic heterocycles. The van der Waals surface area contributed by atoms with Crippen LogP contribution < -0.4 is 0 Å². The van der Waals surface area contributed by atoms with Crippen LogP contribution in [0, 0.1) is 0 Å². The van der Waals surface area contributed by atoms with Crippen LogP contribution in [0.4, 0.5) is 39.5 Å². The van der Waals surface area contributed by atoms with E-state index in [1.807, 2.05) is 0 Å². The highest BCUT2D eigenvalue weighted by Gasteiger charge is 2.84. The highest BCUT2D eigenvalue weighted by molar-refractivity contribution is 8.03. The summed E-state index contributed by atoms with van der Waals surface area (Å²) in [6, 6.07) is 0. The van der Waals surface area contributed by atoms with Crippen LogP contribution in [-0.2, 0) is 30.1 Å². The smallest absolute Gasteiger partial charge is 0.354 e. The minimum atomic E-state index is -7.21. The minimum absolute atomic E-state index is 0.296. The van der Waals surface area contributed by atoms with Crippen molar-refractivity contribution in [3.05, 3.63) is 0 Å². The SMILES string of the molecule is COC(CC(F)(F)F)OS(=O)(=O)C(S(=O)O)(C(F)(F)F)C(F)(F)F. The van der Waals surface area contributed by atoms with Crippen molar-refractivity contribution in [2.45, 2.75) is 35.3 Å². The van der Waals surface area contributed by atoms with E-state index in [9.17, 15) is 52.1 Å². The number of rotatable bonds is 6. The lowest BCUT2D eigenvalue weighted by molar-refractivity contribution is -0.244. The van der Waals surface area contributed by atoms with Gasteiger partial charge in [-0.15, -0.1) is 0 Å². The maximum absolute atomic E-state index is 12.7. The van der Waals surface area contributed by atoms with E-state index in [0.717, 1.165) is 0 Å². The van der Waals surface area contributed by atoms with E-state index in [1.54, 1.807) is 0 Å². The summed E-state index contributed by atoms with van der Waals surface area (Å²) in [5, 5.41) is 0. The molecule has 0 rings (SSSR count). The second-order valence-corrected chi connectivity index (χ2v) is 6.98. The summed E-state index contributed by atoms with van der Waals surface area (Å²) in [6.07, 6.45) is -24.8. The Hall–Kier alpha value is -0.650. The van der Waals surface area contributed by atoms with Crippen LogP contribution in [0.3, 0.4) is 0 Å². The Kier molecular flexibility index (Phi) is 6.74. The zero-order chi connectivity index (χ0) is 19.8. The molecule has 146 valence electrons. The third kappa shape index (κ3) is 4.50. The van der Waals surface area contributed by atoms with Crippen molar-refractivity contribution < 1.29 is 65.6 Å². The minimum Gasteiger partial charge on any atom is -0.354 e. The third-order valence-corrected chi connectivity index (χ3v) is 5.87. The molecule has 0 aromatic heterocycles. The van der Waals surface area contributed by atoms with Crippen LogP contribution in [0.2, 0.25) is 0 Å². The molecule has 2 atom stereocenters. The second-order valence-electron chi connectivity index (χ2n) is 3.90. The van der Waals surface area contributed by atoms with E-state index in [2.05, 4.69) is 8.92 Å². The van der Waals surface area contributed by atoms with Crippen LogP contribution in [0.5, 0.6) is 0 Å². The fourth-order valence-corrected chi connectivity index (χ4v) is 3.63. The first-order valence-electron chi connectivity index (χ1n) is 5.10. The Morgan fingerprint density at radius 3 is 1.58 bits per heavy atom. The van der Waals surface area contributed by atoms with Gasteiger partial charge in [0, 0.05) is 7.11 Å². The first-order chi connectivity index (χ1) is 10.3. The van der Waals surface area contributed by atoms with Gasteiger partial charge < -0.3 is 9.29 Å². The van der Waals surface area contributed by atoms with E-state index in [0.29, 0.717) is 7.11 Å². The van der Waals surface area contributed by atoms with Gasteiger partial charge in [0.25, 0.3) is 0 Å². The molecule has 0 saturated carbocycles. The Labute approximate surface area is 130 Å². The van der Waals surface area contributed by atoms with Gasteiger partial charge in [-0.25, -0.2) is 8.39 Å². The molecule has 17 heteroatoms. The highest BCUT2D eigenvalue weighted by Crippen LogP contribution is 2.51. The molecule has 6 nitrogen and oxygen atoms in total. The summed E-state index contributed by atoms with van der Waals surface area (Å²) in [7, 11) is -6.91. The van der Waals surface area contributed by atoms with Crippen molar-refractivity contribution in [1.82, 2.24) is 0 Å². The molecular formula is C7H7F9O6S2. The molecule has 0 bridgehead atoms. The fourth-order valence-electron chi connectivity index (χ4n) is 1.28. The second kappa shape index (κ2) is 6.93. The Bertz CT molecular complexity index is 548. The molecule has 0 aromatic rings. The van der Waals surface area contributed by atoms with Crippen LogP contribution in [0.15, 0.2) is 0 Å². The Morgan fingerprint density at radius 2 is 1.38 bits per heavy atom. The summed E-state index contributed by atoms with van der Waals surface area (Å²) >= 11 is -5.21. The molecule has 2 unspecified atom stereocenters. The van der Waals surface area contributed by atoms with Crippen molar-refractivity contribution in [2.24, 2.45) is 0 Å². The summed E-state index contributed by atoms with van der Waals surface area (Å²) < 4.78 is 155. The molecule has 24 heavy (non-hydrogen) atoms. The maximum Gasteiger partial charge on any atom is 0.433 e. The van der Waals surface area contributed by atoms with Crippen LogP contribution in [-0.4, -0.2) is 53.2 Å². The van der Waals surface area contributed by atoms with Crippen LogP contribution in [0.25, 0.3) is 0 Å². The largest absolute Gasteiger partial charge is 0.433 e. The van der Waals surface area contributed by atoms with Crippen molar-refractivity contribution in [1.29, 1.82) is 0 Å². The van der Waals surface area contributed by atoms with Crippen molar-refractivity contribution in [2.75, 3.05) is 7.11 Å².